The second-order valence-electron chi connectivity index (χ2n) is 5.70. The Hall–Kier alpha value is -1.05. The third-order valence-electron chi connectivity index (χ3n) is 3.30. The topological polar surface area (TPSA) is 0 Å². The van der Waals surface area contributed by atoms with Gasteiger partial charge in [-0.3, -0.25) is 0 Å². The fourth-order valence-electron chi connectivity index (χ4n) is 2.22. The smallest absolute Gasteiger partial charge is 0.0413 e. The number of hydrogen-bond donors (Lipinski definition) is 0. The molecule has 0 unspecified atom stereocenters. The zero-order valence-electron chi connectivity index (χ0n) is 10.8. The average molecular weight is 275 g/mol. The molecule has 0 nitrogen and oxygen atoms in total. The largest absolute Gasteiger partial charge is 0.135 e. The van der Waals surface area contributed by atoms with E-state index in [0.717, 1.165) is 5.02 Å². The van der Waals surface area contributed by atoms with Crippen molar-refractivity contribution >= 4 is 43.1 Å². The second kappa shape index (κ2) is 3.97. The molecule has 0 aliphatic heterocycles. The molecule has 0 fully saturated rings. The van der Waals surface area contributed by atoms with E-state index in [4.69, 9.17) is 11.6 Å². The predicted molar refractivity (Wildman–Crippen MR) is 83.0 cm³/mol. The highest BCUT2D eigenvalue weighted by molar-refractivity contribution is 7.25. The summed E-state index contributed by atoms with van der Waals surface area (Å²) in [6.07, 6.45) is 0. The van der Waals surface area contributed by atoms with Crippen molar-refractivity contribution in [1.29, 1.82) is 0 Å². The van der Waals surface area contributed by atoms with Crippen LogP contribution in [0.1, 0.15) is 26.3 Å². The van der Waals surface area contributed by atoms with Gasteiger partial charge in [0.05, 0.1) is 0 Å². The zero-order chi connectivity index (χ0) is 12.9. The molecular weight excluding hydrogens is 260 g/mol. The molecule has 0 spiro atoms. The van der Waals surface area contributed by atoms with Crippen molar-refractivity contribution in [3.8, 4) is 0 Å². The molecule has 0 radical (unpaired) electrons. The summed E-state index contributed by atoms with van der Waals surface area (Å²) in [6.45, 7) is 6.74. The Morgan fingerprint density at radius 1 is 0.889 bits per heavy atom. The van der Waals surface area contributed by atoms with Gasteiger partial charge in [-0.25, -0.2) is 0 Å². The van der Waals surface area contributed by atoms with Gasteiger partial charge in [-0.15, -0.1) is 11.3 Å². The van der Waals surface area contributed by atoms with Crippen molar-refractivity contribution in [3.05, 3.63) is 47.0 Å². The molecule has 0 saturated heterocycles. The minimum atomic E-state index is 0.182. The molecule has 18 heavy (non-hydrogen) atoms. The molecule has 3 aromatic rings. The summed E-state index contributed by atoms with van der Waals surface area (Å²) in [5.74, 6) is 0. The predicted octanol–water partition coefficient (Wildman–Crippen LogP) is 6.01. The molecule has 2 heteroatoms. The van der Waals surface area contributed by atoms with E-state index in [1.807, 2.05) is 17.4 Å². The monoisotopic (exact) mass is 274 g/mol. The van der Waals surface area contributed by atoms with Crippen LogP contribution in [0.4, 0.5) is 0 Å². The van der Waals surface area contributed by atoms with Crippen LogP contribution in [0.25, 0.3) is 20.2 Å². The molecule has 3 rings (SSSR count). The van der Waals surface area contributed by atoms with Gasteiger partial charge < -0.3 is 0 Å². The van der Waals surface area contributed by atoms with Gasteiger partial charge in [0.25, 0.3) is 0 Å². The van der Waals surface area contributed by atoms with Crippen molar-refractivity contribution in [1.82, 2.24) is 0 Å². The van der Waals surface area contributed by atoms with Crippen LogP contribution in [0.3, 0.4) is 0 Å². The van der Waals surface area contributed by atoms with Crippen LogP contribution in [0, 0.1) is 0 Å². The van der Waals surface area contributed by atoms with Crippen LogP contribution in [0.15, 0.2) is 36.4 Å². The van der Waals surface area contributed by atoms with Crippen LogP contribution < -0.4 is 0 Å². The summed E-state index contributed by atoms with van der Waals surface area (Å²) in [5.41, 5.74) is 1.55. The molecule has 0 atom stereocenters. The van der Waals surface area contributed by atoms with E-state index in [1.165, 1.54) is 25.7 Å². The lowest BCUT2D eigenvalue weighted by Crippen LogP contribution is -2.10. The fourth-order valence-corrected chi connectivity index (χ4v) is 3.45. The highest BCUT2D eigenvalue weighted by Gasteiger charge is 2.15. The van der Waals surface area contributed by atoms with Gasteiger partial charge in [0, 0.05) is 25.2 Å². The summed E-state index contributed by atoms with van der Waals surface area (Å²) in [6, 6.07) is 12.9. The number of hydrogen-bond acceptors (Lipinski definition) is 1. The lowest BCUT2D eigenvalue weighted by Gasteiger charge is -2.18. The fraction of sp³-hybridized carbons (Fsp3) is 0.250. The van der Waals surface area contributed by atoms with E-state index in [9.17, 15) is 0 Å². The number of thiophene rings is 1. The van der Waals surface area contributed by atoms with Crippen LogP contribution in [0.5, 0.6) is 0 Å². The summed E-state index contributed by atoms with van der Waals surface area (Å²) < 4.78 is 2.64. The van der Waals surface area contributed by atoms with Crippen LogP contribution in [0.2, 0.25) is 5.02 Å². The zero-order valence-corrected chi connectivity index (χ0v) is 12.3. The Morgan fingerprint density at radius 3 is 2.17 bits per heavy atom. The summed E-state index contributed by atoms with van der Waals surface area (Å²) in [5, 5.41) is 3.40. The first-order chi connectivity index (χ1) is 8.45. The van der Waals surface area contributed by atoms with Gasteiger partial charge in [0.1, 0.15) is 0 Å². The summed E-state index contributed by atoms with van der Waals surface area (Å²) in [4.78, 5) is 0. The molecule has 0 N–H and O–H groups in total. The molecule has 0 aliphatic carbocycles. The first-order valence-electron chi connectivity index (χ1n) is 6.07. The highest BCUT2D eigenvalue weighted by atomic mass is 35.5. The molecule has 2 aromatic carbocycles. The third-order valence-corrected chi connectivity index (χ3v) is 4.68. The van der Waals surface area contributed by atoms with Crippen molar-refractivity contribution < 1.29 is 0 Å². The molecular formula is C16H15ClS. The van der Waals surface area contributed by atoms with E-state index >= 15 is 0 Å². The Bertz CT molecular complexity index is 732. The van der Waals surface area contributed by atoms with E-state index in [-0.39, 0.29) is 5.41 Å². The average Bonchev–Trinajstić information content (AvgIpc) is 2.65. The van der Waals surface area contributed by atoms with E-state index < -0.39 is 0 Å². The second-order valence-corrected chi connectivity index (χ2v) is 7.22. The molecule has 1 heterocycles. The van der Waals surface area contributed by atoms with E-state index in [0.29, 0.717) is 0 Å². The van der Waals surface area contributed by atoms with Crippen molar-refractivity contribution in [3.63, 3.8) is 0 Å². The van der Waals surface area contributed by atoms with E-state index in [1.54, 1.807) is 0 Å². The van der Waals surface area contributed by atoms with Crippen LogP contribution in [-0.4, -0.2) is 0 Å². The lowest BCUT2D eigenvalue weighted by molar-refractivity contribution is 0.591. The summed E-state index contributed by atoms with van der Waals surface area (Å²) in [7, 11) is 0. The Balaban J connectivity index is 2.38. The number of fused-ring (bicyclic) bond motifs is 3. The molecule has 92 valence electrons. The maximum atomic E-state index is 6.11. The van der Waals surface area contributed by atoms with Gasteiger partial charge in [0.15, 0.2) is 0 Å². The number of halogens is 1. The van der Waals surface area contributed by atoms with E-state index in [2.05, 4.69) is 51.1 Å². The Kier molecular flexibility index (Phi) is 2.65. The normalized spacial score (nSPS) is 12.4. The first-order valence-corrected chi connectivity index (χ1v) is 7.27. The van der Waals surface area contributed by atoms with Gasteiger partial charge in [-0.05, 0) is 41.3 Å². The van der Waals surface area contributed by atoms with Gasteiger partial charge >= 0.3 is 0 Å². The number of benzene rings is 2. The van der Waals surface area contributed by atoms with Gasteiger partial charge in [0.2, 0.25) is 0 Å². The Labute approximate surface area is 116 Å². The minimum Gasteiger partial charge on any atom is -0.135 e. The standard InChI is InChI=1S/C16H15ClS/c1-16(2,3)10-4-6-14-12(8-10)13-9-11(17)5-7-15(13)18-14/h4-9H,1-3H3. The minimum absolute atomic E-state index is 0.182. The van der Waals surface area contributed by atoms with Crippen LogP contribution >= 0.6 is 22.9 Å². The van der Waals surface area contributed by atoms with Crippen molar-refractivity contribution in [2.45, 2.75) is 26.2 Å². The SMILES string of the molecule is CC(C)(C)c1ccc2sc3ccc(Cl)cc3c2c1. The molecule has 0 aliphatic rings. The highest BCUT2D eigenvalue weighted by Crippen LogP contribution is 2.37. The number of rotatable bonds is 0. The maximum absolute atomic E-state index is 6.11. The van der Waals surface area contributed by atoms with Crippen molar-refractivity contribution in [2.75, 3.05) is 0 Å². The maximum Gasteiger partial charge on any atom is 0.0413 e. The van der Waals surface area contributed by atoms with Crippen LogP contribution in [-0.2, 0) is 5.41 Å². The quantitative estimate of drug-likeness (QED) is 0.471. The molecule has 1 aromatic heterocycles. The molecule has 0 amide bonds. The summed E-state index contributed by atoms with van der Waals surface area (Å²) >= 11 is 7.94. The third kappa shape index (κ3) is 1.92. The lowest BCUT2D eigenvalue weighted by atomic mass is 9.86. The Morgan fingerprint density at radius 2 is 1.50 bits per heavy atom. The molecule has 0 bridgehead atoms. The van der Waals surface area contributed by atoms with Gasteiger partial charge in [-0.1, -0.05) is 38.4 Å². The first kappa shape index (κ1) is 12.0. The molecule has 0 saturated carbocycles. The van der Waals surface area contributed by atoms with Crippen molar-refractivity contribution in [2.24, 2.45) is 0 Å². The van der Waals surface area contributed by atoms with Gasteiger partial charge in [-0.2, -0.15) is 0 Å².